The molecule has 3 heterocycles. The molecule has 1 unspecified atom stereocenters. The van der Waals surface area contributed by atoms with Gasteiger partial charge in [0, 0.05) is 13.1 Å². The molecule has 25 heavy (non-hydrogen) atoms. The number of nitrogens with one attached hydrogen (secondary N) is 1. The summed E-state index contributed by atoms with van der Waals surface area (Å²) in [5.41, 5.74) is -0.0284. The van der Waals surface area contributed by atoms with Crippen LogP contribution in [0.3, 0.4) is 0 Å². The molecule has 12 heteroatoms. The number of rotatable bonds is 4. The van der Waals surface area contributed by atoms with Crippen LogP contribution in [0.25, 0.3) is 11.4 Å². The van der Waals surface area contributed by atoms with Gasteiger partial charge in [0.25, 0.3) is 0 Å². The third-order valence-electron chi connectivity index (χ3n) is 4.05. The molecule has 1 saturated heterocycles. The van der Waals surface area contributed by atoms with Gasteiger partial charge in [0.1, 0.15) is 5.82 Å². The van der Waals surface area contributed by atoms with Crippen molar-refractivity contribution in [1.82, 2.24) is 39.9 Å². The molecule has 0 radical (unpaired) electrons. The van der Waals surface area contributed by atoms with Crippen LogP contribution in [-0.2, 0) is 10.0 Å². The number of benzene rings is 1. The second-order valence-corrected chi connectivity index (χ2v) is 7.47. The van der Waals surface area contributed by atoms with Crippen LogP contribution < -0.4 is 0 Å². The van der Waals surface area contributed by atoms with E-state index in [1.165, 1.54) is 21.2 Å². The molecular weight excluding hydrogens is 351 g/mol. The molecule has 1 aliphatic rings. The molecule has 0 spiro atoms. The molecule has 2 aromatic heterocycles. The van der Waals surface area contributed by atoms with Crippen LogP contribution in [0.1, 0.15) is 12.5 Å². The monoisotopic (exact) mass is 364 g/mol. The third kappa shape index (κ3) is 2.78. The van der Waals surface area contributed by atoms with E-state index in [9.17, 15) is 12.8 Å². The Hall–Kier alpha value is -2.73. The van der Waals surface area contributed by atoms with Crippen LogP contribution in [0.4, 0.5) is 4.39 Å². The Balaban J connectivity index is 1.64. The first-order valence-corrected chi connectivity index (χ1v) is 8.89. The first-order chi connectivity index (χ1) is 12.1. The zero-order valence-electron chi connectivity index (χ0n) is 12.8. The van der Waals surface area contributed by atoms with Crippen molar-refractivity contribution < 1.29 is 12.8 Å². The summed E-state index contributed by atoms with van der Waals surface area (Å²) in [6.07, 6.45) is 3.70. The smallest absolute Gasteiger partial charge is 0.207 e. The summed E-state index contributed by atoms with van der Waals surface area (Å²) in [5, 5.41) is 21.1. The van der Waals surface area contributed by atoms with Crippen molar-refractivity contribution in [3.63, 3.8) is 0 Å². The molecule has 1 fully saturated rings. The van der Waals surface area contributed by atoms with Crippen LogP contribution in [0, 0.1) is 5.82 Å². The molecule has 1 aromatic carbocycles. The molecule has 1 atom stereocenters. The van der Waals surface area contributed by atoms with E-state index < -0.39 is 15.8 Å². The minimum absolute atomic E-state index is 0.00501. The normalized spacial score (nSPS) is 18.7. The van der Waals surface area contributed by atoms with Crippen molar-refractivity contribution in [2.75, 3.05) is 13.1 Å². The summed E-state index contributed by atoms with van der Waals surface area (Å²) in [6, 6.07) is 3.41. The first-order valence-electron chi connectivity index (χ1n) is 7.45. The highest BCUT2D eigenvalue weighted by Crippen LogP contribution is 2.29. The fourth-order valence-corrected chi connectivity index (χ4v) is 4.31. The van der Waals surface area contributed by atoms with Crippen LogP contribution in [0.5, 0.6) is 0 Å². The molecular formula is C13H13FN8O2S. The van der Waals surface area contributed by atoms with Gasteiger partial charge >= 0.3 is 0 Å². The fraction of sp³-hybridized carbons (Fsp3) is 0.308. The molecule has 1 aliphatic heterocycles. The summed E-state index contributed by atoms with van der Waals surface area (Å²) in [5.74, 6) is -0.630. The maximum Gasteiger partial charge on any atom is 0.243 e. The Morgan fingerprint density at radius 3 is 2.76 bits per heavy atom. The highest BCUT2D eigenvalue weighted by atomic mass is 32.2. The van der Waals surface area contributed by atoms with E-state index >= 15 is 0 Å². The van der Waals surface area contributed by atoms with Gasteiger partial charge in [-0.15, -0.1) is 10.2 Å². The zero-order chi connectivity index (χ0) is 17.4. The van der Waals surface area contributed by atoms with E-state index in [1.54, 1.807) is 12.4 Å². The summed E-state index contributed by atoms with van der Waals surface area (Å²) < 4.78 is 41.1. The van der Waals surface area contributed by atoms with E-state index in [1.807, 2.05) is 0 Å². The summed E-state index contributed by atoms with van der Waals surface area (Å²) in [6.45, 7) is 0.593. The molecule has 130 valence electrons. The van der Waals surface area contributed by atoms with Crippen molar-refractivity contribution >= 4 is 10.0 Å². The molecule has 10 nitrogen and oxygen atoms in total. The van der Waals surface area contributed by atoms with Crippen LogP contribution in [0.2, 0.25) is 0 Å². The number of hydrogen-bond donors (Lipinski definition) is 1. The minimum atomic E-state index is -3.78. The lowest BCUT2D eigenvalue weighted by molar-refractivity contribution is 0.402. The van der Waals surface area contributed by atoms with E-state index in [4.69, 9.17) is 0 Å². The topological polar surface area (TPSA) is 123 Å². The molecule has 0 aliphatic carbocycles. The number of sulfonamides is 1. The predicted octanol–water partition coefficient (Wildman–Crippen LogP) is 0.233. The number of nitrogens with zero attached hydrogens (tertiary/aromatic N) is 7. The Kier molecular flexibility index (Phi) is 3.77. The second-order valence-electron chi connectivity index (χ2n) is 5.53. The van der Waals surface area contributed by atoms with Gasteiger partial charge in [-0.3, -0.25) is 0 Å². The van der Waals surface area contributed by atoms with Gasteiger partial charge in [-0.1, -0.05) is 0 Å². The maximum absolute atomic E-state index is 14.0. The van der Waals surface area contributed by atoms with Crippen LogP contribution in [0.15, 0.2) is 35.5 Å². The van der Waals surface area contributed by atoms with Crippen molar-refractivity contribution in [1.29, 1.82) is 0 Å². The summed E-state index contributed by atoms with van der Waals surface area (Å²) >= 11 is 0. The number of aromatic nitrogens is 7. The van der Waals surface area contributed by atoms with Gasteiger partial charge in [-0.25, -0.2) is 12.8 Å². The first kappa shape index (κ1) is 15.8. The lowest BCUT2D eigenvalue weighted by Crippen LogP contribution is -2.29. The van der Waals surface area contributed by atoms with Gasteiger partial charge in [0.05, 0.1) is 28.9 Å². The zero-order valence-corrected chi connectivity index (χ0v) is 13.6. The second kappa shape index (κ2) is 5.97. The SMILES string of the molecule is O=S(=O)(c1ccc(F)c(-c2nn[nH]n2)c1)N1CCC(n2nccn2)C1. The highest BCUT2D eigenvalue weighted by Gasteiger charge is 2.34. The van der Waals surface area contributed by atoms with E-state index in [0.717, 1.165) is 6.07 Å². The van der Waals surface area contributed by atoms with Crippen LogP contribution >= 0.6 is 0 Å². The standard InChI is InChI=1S/C13H13FN8O2S/c14-12-2-1-10(7-11(12)13-17-19-20-18-13)25(23,24)21-6-3-9(8-21)22-15-4-5-16-22/h1-2,4-5,7,9H,3,6,8H2,(H,17,18,19,20). The Bertz CT molecular complexity index is 974. The van der Waals surface area contributed by atoms with Crippen molar-refractivity contribution in [3.8, 4) is 11.4 Å². The van der Waals surface area contributed by atoms with Crippen LogP contribution in [-0.4, -0.2) is 61.4 Å². The molecule has 0 saturated carbocycles. The fourth-order valence-electron chi connectivity index (χ4n) is 2.79. The lowest BCUT2D eigenvalue weighted by atomic mass is 10.2. The van der Waals surface area contributed by atoms with Crippen molar-refractivity contribution in [3.05, 3.63) is 36.4 Å². The summed E-state index contributed by atoms with van der Waals surface area (Å²) in [7, 11) is -3.78. The quantitative estimate of drug-likeness (QED) is 0.703. The lowest BCUT2D eigenvalue weighted by Gasteiger charge is -2.17. The molecule has 0 bridgehead atoms. The number of halogens is 1. The van der Waals surface area contributed by atoms with Crippen molar-refractivity contribution in [2.45, 2.75) is 17.4 Å². The molecule has 3 aromatic rings. The van der Waals surface area contributed by atoms with Gasteiger partial charge in [-0.2, -0.15) is 24.5 Å². The molecule has 4 rings (SSSR count). The maximum atomic E-state index is 14.0. The average molecular weight is 364 g/mol. The third-order valence-corrected chi connectivity index (χ3v) is 5.91. The number of aromatic amines is 1. The summed E-state index contributed by atoms with van der Waals surface area (Å²) in [4.78, 5) is 1.48. The van der Waals surface area contributed by atoms with Gasteiger partial charge in [0.15, 0.2) is 0 Å². The Morgan fingerprint density at radius 1 is 1.24 bits per heavy atom. The van der Waals surface area contributed by atoms with Gasteiger partial charge < -0.3 is 0 Å². The highest BCUT2D eigenvalue weighted by molar-refractivity contribution is 7.89. The van der Waals surface area contributed by atoms with Gasteiger partial charge in [-0.05, 0) is 29.8 Å². The predicted molar refractivity (Wildman–Crippen MR) is 82.0 cm³/mol. The average Bonchev–Trinajstić information content (AvgIpc) is 3.34. The van der Waals surface area contributed by atoms with Crippen molar-refractivity contribution in [2.24, 2.45) is 0 Å². The Morgan fingerprint density at radius 2 is 2.04 bits per heavy atom. The van der Waals surface area contributed by atoms with Gasteiger partial charge in [0.2, 0.25) is 15.8 Å². The largest absolute Gasteiger partial charge is 0.243 e. The number of hydrogen-bond acceptors (Lipinski definition) is 7. The van der Waals surface area contributed by atoms with E-state index in [-0.39, 0.29) is 28.9 Å². The Labute approximate surface area is 141 Å². The van der Waals surface area contributed by atoms with E-state index in [0.29, 0.717) is 13.0 Å². The molecule has 0 amide bonds. The number of tetrazole rings is 1. The van der Waals surface area contributed by atoms with E-state index in [2.05, 4.69) is 30.8 Å². The minimum Gasteiger partial charge on any atom is -0.207 e. The number of H-pyrrole nitrogens is 1. The molecule has 1 N–H and O–H groups in total.